The van der Waals surface area contributed by atoms with E-state index in [1.807, 2.05) is 24.3 Å². The zero-order valence-corrected chi connectivity index (χ0v) is 10.6. The SMILES string of the molecule is Nc1ncc([N+](=O)[O-])c(Oc2cnc3ccccc3c2)n1. The fraction of sp³-hybridized carbons (Fsp3) is 0. The molecule has 0 atom stereocenters. The fourth-order valence-corrected chi connectivity index (χ4v) is 1.79. The number of hydrogen-bond acceptors (Lipinski definition) is 7. The van der Waals surface area contributed by atoms with Crippen molar-refractivity contribution in [2.45, 2.75) is 0 Å². The number of para-hydroxylation sites is 1. The monoisotopic (exact) mass is 283 g/mol. The lowest BCUT2D eigenvalue weighted by Crippen LogP contribution is -2.01. The van der Waals surface area contributed by atoms with Gasteiger partial charge in [0.1, 0.15) is 11.9 Å². The molecule has 0 aliphatic rings. The number of nitrogen functional groups attached to an aromatic ring is 1. The highest BCUT2D eigenvalue weighted by Crippen LogP contribution is 2.29. The van der Waals surface area contributed by atoms with Crippen LogP contribution in [0.2, 0.25) is 0 Å². The maximum absolute atomic E-state index is 10.9. The molecule has 0 saturated carbocycles. The average molecular weight is 283 g/mol. The molecule has 0 fully saturated rings. The van der Waals surface area contributed by atoms with Crippen LogP contribution < -0.4 is 10.5 Å². The van der Waals surface area contributed by atoms with Crippen LogP contribution in [0.4, 0.5) is 11.6 Å². The topological polar surface area (TPSA) is 117 Å². The third kappa shape index (κ3) is 2.54. The van der Waals surface area contributed by atoms with Crippen molar-refractivity contribution in [2.24, 2.45) is 0 Å². The summed E-state index contributed by atoms with van der Waals surface area (Å²) < 4.78 is 5.42. The number of nitro groups is 1. The summed E-state index contributed by atoms with van der Waals surface area (Å²) in [6.45, 7) is 0. The van der Waals surface area contributed by atoms with Gasteiger partial charge in [0.05, 0.1) is 16.6 Å². The second-order valence-electron chi connectivity index (χ2n) is 4.14. The van der Waals surface area contributed by atoms with Gasteiger partial charge in [-0.1, -0.05) is 18.2 Å². The molecular formula is C13H9N5O3. The number of aromatic nitrogens is 3. The van der Waals surface area contributed by atoms with Crippen LogP contribution in [0.1, 0.15) is 0 Å². The van der Waals surface area contributed by atoms with Crippen molar-refractivity contribution >= 4 is 22.5 Å². The molecule has 0 unspecified atom stereocenters. The first kappa shape index (κ1) is 12.7. The number of nitrogens with zero attached hydrogens (tertiary/aromatic N) is 4. The summed E-state index contributed by atoms with van der Waals surface area (Å²) in [5.74, 6) is 0.00355. The molecule has 0 spiro atoms. The van der Waals surface area contributed by atoms with E-state index in [0.29, 0.717) is 5.75 Å². The highest BCUT2D eigenvalue weighted by molar-refractivity contribution is 5.79. The Balaban J connectivity index is 2.02. The summed E-state index contributed by atoms with van der Waals surface area (Å²) in [6, 6.07) is 9.15. The van der Waals surface area contributed by atoms with Gasteiger partial charge in [-0.15, -0.1) is 0 Å². The summed E-state index contributed by atoms with van der Waals surface area (Å²) in [4.78, 5) is 21.8. The lowest BCUT2D eigenvalue weighted by atomic mass is 10.2. The van der Waals surface area contributed by atoms with Gasteiger partial charge in [0, 0.05) is 5.39 Å². The van der Waals surface area contributed by atoms with E-state index in [1.54, 1.807) is 6.07 Å². The number of hydrogen-bond donors (Lipinski definition) is 1. The van der Waals surface area contributed by atoms with Crippen LogP contribution in [0, 0.1) is 10.1 Å². The van der Waals surface area contributed by atoms with Gasteiger partial charge in [-0.2, -0.15) is 4.98 Å². The maximum Gasteiger partial charge on any atom is 0.349 e. The average Bonchev–Trinajstić information content (AvgIpc) is 2.47. The van der Waals surface area contributed by atoms with Crippen molar-refractivity contribution in [1.29, 1.82) is 0 Å². The number of benzene rings is 1. The predicted molar refractivity (Wildman–Crippen MR) is 74.9 cm³/mol. The molecule has 8 heteroatoms. The molecule has 0 bridgehead atoms. The van der Waals surface area contributed by atoms with Gasteiger partial charge in [0.15, 0.2) is 0 Å². The minimum atomic E-state index is -0.636. The Labute approximate surface area is 118 Å². The number of fused-ring (bicyclic) bond motifs is 1. The van der Waals surface area contributed by atoms with Crippen LogP contribution in [-0.4, -0.2) is 19.9 Å². The van der Waals surface area contributed by atoms with Crippen molar-refractivity contribution in [2.75, 3.05) is 5.73 Å². The second-order valence-corrected chi connectivity index (χ2v) is 4.14. The lowest BCUT2D eigenvalue weighted by Gasteiger charge is -2.06. The number of anilines is 1. The Morgan fingerprint density at radius 1 is 1.19 bits per heavy atom. The molecule has 104 valence electrons. The Hall–Kier alpha value is -3.29. The molecule has 3 aromatic rings. The third-order valence-corrected chi connectivity index (χ3v) is 2.73. The van der Waals surface area contributed by atoms with Gasteiger partial charge in [-0.25, -0.2) is 4.98 Å². The number of ether oxygens (including phenoxy) is 1. The van der Waals surface area contributed by atoms with Gasteiger partial charge in [0.2, 0.25) is 5.95 Å². The Bertz CT molecular complexity index is 837. The van der Waals surface area contributed by atoms with Crippen molar-refractivity contribution < 1.29 is 9.66 Å². The summed E-state index contributed by atoms with van der Waals surface area (Å²) in [7, 11) is 0. The summed E-state index contributed by atoms with van der Waals surface area (Å²) in [6.07, 6.45) is 2.47. The molecule has 0 radical (unpaired) electrons. The zero-order valence-electron chi connectivity index (χ0n) is 10.6. The second kappa shape index (κ2) is 5.00. The molecule has 2 N–H and O–H groups in total. The van der Waals surface area contributed by atoms with Gasteiger partial charge < -0.3 is 10.5 Å². The quantitative estimate of drug-likeness (QED) is 0.578. The largest absolute Gasteiger partial charge is 0.432 e. The highest BCUT2D eigenvalue weighted by atomic mass is 16.6. The summed E-state index contributed by atoms with van der Waals surface area (Å²) in [5.41, 5.74) is 5.86. The Morgan fingerprint density at radius 2 is 2.00 bits per heavy atom. The van der Waals surface area contributed by atoms with E-state index in [9.17, 15) is 10.1 Å². The van der Waals surface area contributed by atoms with Crippen LogP contribution in [-0.2, 0) is 0 Å². The molecule has 1 aromatic carbocycles. The third-order valence-electron chi connectivity index (χ3n) is 2.73. The predicted octanol–water partition coefficient (Wildman–Crippen LogP) is 2.31. The van der Waals surface area contributed by atoms with Gasteiger partial charge >= 0.3 is 11.6 Å². The van der Waals surface area contributed by atoms with E-state index in [4.69, 9.17) is 10.5 Å². The molecular weight excluding hydrogens is 274 g/mol. The van der Waals surface area contributed by atoms with E-state index in [1.165, 1.54) is 6.20 Å². The fourth-order valence-electron chi connectivity index (χ4n) is 1.79. The minimum absolute atomic E-state index is 0.107. The van der Waals surface area contributed by atoms with Crippen molar-refractivity contribution in [3.05, 3.63) is 52.8 Å². The van der Waals surface area contributed by atoms with E-state index in [2.05, 4.69) is 15.0 Å². The number of nitrogens with two attached hydrogens (primary N) is 1. The first-order chi connectivity index (χ1) is 10.1. The lowest BCUT2D eigenvalue weighted by molar-refractivity contribution is -0.386. The molecule has 0 saturated heterocycles. The van der Waals surface area contributed by atoms with Gasteiger partial charge in [-0.05, 0) is 12.1 Å². The van der Waals surface area contributed by atoms with E-state index in [-0.39, 0.29) is 17.5 Å². The highest BCUT2D eigenvalue weighted by Gasteiger charge is 2.19. The van der Waals surface area contributed by atoms with Crippen LogP contribution in [0.3, 0.4) is 0 Å². The minimum Gasteiger partial charge on any atom is -0.432 e. The molecule has 8 nitrogen and oxygen atoms in total. The molecule has 21 heavy (non-hydrogen) atoms. The Morgan fingerprint density at radius 3 is 2.81 bits per heavy atom. The maximum atomic E-state index is 10.9. The van der Waals surface area contributed by atoms with Crippen LogP contribution in [0.5, 0.6) is 11.6 Å². The van der Waals surface area contributed by atoms with Gasteiger partial charge in [-0.3, -0.25) is 15.1 Å². The molecule has 3 rings (SSSR count). The van der Waals surface area contributed by atoms with Crippen molar-refractivity contribution in [3.63, 3.8) is 0 Å². The number of pyridine rings is 1. The summed E-state index contributed by atoms with van der Waals surface area (Å²) >= 11 is 0. The molecule has 0 aliphatic heterocycles. The van der Waals surface area contributed by atoms with Crippen molar-refractivity contribution in [1.82, 2.24) is 15.0 Å². The smallest absolute Gasteiger partial charge is 0.349 e. The van der Waals surface area contributed by atoms with Crippen LogP contribution in [0.15, 0.2) is 42.7 Å². The zero-order chi connectivity index (χ0) is 14.8. The van der Waals surface area contributed by atoms with Crippen molar-refractivity contribution in [3.8, 4) is 11.6 Å². The first-order valence-corrected chi connectivity index (χ1v) is 5.93. The van der Waals surface area contributed by atoms with Crippen LogP contribution in [0.25, 0.3) is 10.9 Å². The molecule has 0 amide bonds. The normalized spacial score (nSPS) is 10.5. The molecule has 0 aliphatic carbocycles. The number of rotatable bonds is 3. The van der Waals surface area contributed by atoms with E-state index >= 15 is 0 Å². The Kier molecular flexibility index (Phi) is 3.03. The molecule has 2 heterocycles. The van der Waals surface area contributed by atoms with Crippen LogP contribution >= 0.6 is 0 Å². The van der Waals surface area contributed by atoms with E-state index in [0.717, 1.165) is 17.1 Å². The summed E-state index contributed by atoms with van der Waals surface area (Å²) in [5, 5.41) is 11.8. The first-order valence-electron chi connectivity index (χ1n) is 5.93. The standard InChI is InChI=1S/C13H9N5O3/c14-13-16-7-11(18(19)20)12(17-13)21-9-5-8-3-1-2-4-10(8)15-6-9/h1-7H,(H2,14,16,17). The van der Waals surface area contributed by atoms with E-state index < -0.39 is 4.92 Å². The molecule has 2 aromatic heterocycles. The van der Waals surface area contributed by atoms with Gasteiger partial charge in [0.25, 0.3) is 0 Å².